The predicted molar refractivity (Wildman–Crippen MR) is 102 cm³/mol. The van der Waals surface area contributed by atoms with Gasteiger partial charge in [-0.25, -0.2) is 14.6 Å². The highest BCUT2D eigenvalue weighted by atomic mass is 32.2. The Morgan fingerprint density at radius 2 is 1.89 bits per heavy atom. The molecule has 7 nitrogen and oxygen atoms in total. The van der Waals surface area contributed by atoms with Crippen molar-refractivity contribution in [2.45, 2.75) is 23.9 Å². The highest BCUT2D eigenvalue weighted by molar-refractivity contribution is 7.98. The lowest BCUT2D eigenvalue weighted by Crippen LogP contribution is -2.18. The van der Waals surface area contributed by atoms with Gasteiger partial charge in [0.15, 0.2) is 5.16 Å². The first-order chi connectivity index (χ1) is 13.0. The van der Waals surface area contributed by atoms with E-state index in [1.165, 1.54) is 26.0 Å². The lowest BCUT2D eigenvalue weighted by molar-refractivity contribution is -0.144. The maximum absolute atomic E-state index is 12.1. The van der Waals surface area contributed by atoms with Gasteiger partial charge in [0, 0.05) is 11.9 Å². The number of carbonyl (C=O) groups is 2. The summed E-state index contributed by atoms with van der Waals surface area (Å²) in [7, 11) is 2.72. The van der Waals surface area contributed by atoms with E-state index in [9.17, 15) is 9.59 Å². The Bertz CT molecular complexity index is 969. The van der Waals surface area contributed by atoms with E-state index in [0.717, 1.165) is 16.6 Å². The largest absolute Gasteiger partial charge is 0.467 e. The first-order valence-corrected chi connectivity index (χ1v) is 9.23. The third kappa shape index (κ3) is 3.95. The minimum atomic E-state index is -0.520. The molecule has 8 heteroatoms. The van der Waals surface area contributed by atoms with Gasteiger partial charge < -0.3 is 14.0 Å². The molecule has 1 atom stereocenters. The number of nitrogens with zero attached hydrogens (tertiary/aromatic N) is 3. The first-order valence-electron chi connectivity index (χ1n) is 8.25. The van der Waals surface area contributed by atoms with Crippen molar-refractivity contribution in [3.05, 3.63) is 53.9 Å². The van der Waals surface area contributed by atoms with Crippen LogP contribution in [0.3, 0.4) is 0 Å². The van der Waals surface area contributed by atoms with Gasteiger partial charge in [0.2, 0.25) is 0 Å². The molecule has 0 spiro atoms. The number of esters is 2. The number of thioether (sulfide) groups is 1. The number of hydrogen-bond donors (Lipinski definition) is 0. The van der Waals surface area contributed by atoms with Crippen LogP contribution in [0.15, 0.2) is 47.9 Å². The Kier molecular flexibility index (Phi) is 5.75. The minimum Gasteiger partial charge on any atom is -0.467 e. The molecule has 0 saturated carbocycles. The molecule has 0 aliphatic heterocycles. The average Bonchev–Trinajstić information content (AvgIpc) is 3.09. The van der Waals surface area contributed by atoms with Crippen LogP contribution in [0.5, 0.6) is 0 Å². The lowest BCUT2D eigenvalue weighted by Gasteiger charge is -2.15. The van der Waals surface area contributed by atoms with E-state index in [4.69, 9.17) is 9.47 Å². The Labute approximate surface area is 160 Å². The standard InChI is InChI=1S/C19H19N3O4S/c1-12(17(23)25-2)22-16-10-20-9-8-15(16)21-19(22)27-11-13-4-6-14(7-5-13)18(24)26-3/h4-10,12H,11H2,1-3H3. The molecule has 2 heterocycles. The van der Waals surface area contributed by atoms with E-state index in [-0.39, 0.29) is 11.9 Å². The molecule has 27 heavy (non-hydrogen) atoms. The SMILES string of the molecule is COC(=O)c1ccc(CSc2nc3ccncc3n2C(C)C(=O)OC)cc1. The van der Waals surface area contributed by atoms with Crippen LogP contribution in [0.4, 0.5) is 0 Å². The van der Waals surface area contributed by atoms with Gasteiger partial charge in [-0.05, 0) is 30.7 Å². The molecule has 1 unspecified atom stereocenters. The number of ether oxygens (including phenoxy) is 2. The van der Waals surface area contributed by atoms with Crippen LogP contribution < -0.4 is 0 Å². The van der Waals surface area contributed by atoms with Crippen molar-refractivity contribution in [2.75, 3.05) is 14.2 Å². The number of carbonyl (C=O) groups excluding carboxylic acids is 2. The Hall–Kier alpha value is -2.87. The Morgan fingerprint density at radius 1 is 1.15 bits per heavy atom. The van der Waals surface area contributed by atoms with Crippen LogP contribution in [-0.2, 0) is 20.0 Å². The van der Waals surface area contributed by atoms with E-state index < -0.39 is 6.04 Å². The van der Waals surface area contributed by atoms with Gasteiger partial charge >= 0.3 is 11.9 Å². The molecule has 0 radical (unpaired) electrons. The summed E-state index contributed by atoms with van der Waals surface area (Å²) in [5.74, 6) is -0.0793. The molecule has 3 aromatic rings. The maximum atomic E-state index is 12.1. The highest BCUT2D eigenvalue weighted by Crippen LogP contribution is 2.30. The fourth-order valence-corrected chi connectivity index (χ4v) is 3.72. The zero-order valence-electron chi connectivity index (χ0n) is 15.2. The number of pyridine rings is 1. The normalized spacial score (nSPS) is 12.0. The fourth-order valence-electron chi connectivity index (χ4n) is 2.67. The second-order valence-electron chi connectivity index (χ2n) is 5.81. The van der Waals surface area contributed by atoms with Crippen LogP contribution >= 0.6 is 11.8 Å². The maximum Gasteiger partial charge on any atom is 0.337 e. The van der Waals surface area contributed by atoms with Crippen LogP contribution in [0, 0.1) is 0 Å². The number of benzene rings is 1. The summed E-state index contributed by atoms with van der Waals surface area (Å²) in [5, 5.41) is 0.702. The molecule has 0 fully saturated rings. The lowest BCUT2D eigenvalue weighted by atomic mass is 10.1. The molecule has 0 aliphatic carbocycles. The van der Waals surface area contributed by atoms with Crippen LogP contribution in [0.2, 0.25) is 0 Å². The molecule has 2 aromatic heterocycles. The molecule has 0 amide bonds. The topological polar surface area (TPSA) is 83.3 Å². The van der Waals surface area contributed by atoms with E-state index in [1.807, 2.05) is 22.8 Å². The summed E-state index contributed by atoms with van der Waals surface area (Å²) < 4.78 is 11.4. The van der Waals surface area contributed by atoms with Crippen molar-refractivity contribution in [1.29, 1.82) is 0 Å². The Morgan fingerprint density at radius 3 is 2.56 bits per heavy atom. The smallest absolute Gasteiger partial charge is 0.337 e. The zero-order chi connectivity index (χ0) is 19.4. The zero-order valence-corrected chi connectivity index (χ0v) is 16.0. The third-order valence-corrected chi connectivity index (χ3v) is 5.16. The van der Waals surface area contributed by atoms with Crippen LogP contribution in [-0.4, -0.2) is 40.7 Å². The number of fused-ring (bicyclic) bond motifs is 1. The molecular weight excluding hydrogens is 366 g/mol. The van der Waals surface area contributed by atoms with Gasteiger partial charge in [0.05, 0.1) is 37.0 Å². The van der Waals surface area contributed by atoms with Crippen LogP contribution in [0.1, 0.15) is 28.9 Å². The molecule has 1 aromatic carbocycles. The quantitative estimate of drug-likeness (QED) is 0.476. The van der Waals surface area contributed by atoms with E-state index in [1.54, 1.807) is 31.5 Å². The van der Waals surface area contributed by atoms with E-state index in [2.05, 4.69) is 9.97 Å². The van der Waals surface area contributed by atoms with Gasteiger partial charge in [0.25, 0.3) is 0 Å². The van der Waals surface area contributed by atoms with Gasteiger partial charge in [-0.2, -0.15) is 0 Å². The summed E-state index contributed by atoms with van der Waals surface area (Å²) in [6.45, 7) is 1.77. The monoisotopic (exact) mass is 385 g/mol. The number of imidazole rings is 1. The summed E-state index contributed by atoms with van der Waals surface area (Å²) in [5.41, 5.74) is 3.07. The van der Waals surface area contributed by atoms with E-state index in [0.29, 0.717) is 16.5 Å². The first kappa shape index (κ1) is 18.9. The number of aromatic nitrogens is 3. The van der Waals surface area contributed by atoms with Crippen molar-refractivity contribution in [3.63, 3.8) is 0 Å². The summed E-state index contributed by atoms with van der Waals surface area (Å²) >= 11 is 1.50. The van der Waals surface area contributed by atoms with Crippen LogP contribution in [0.25, 0.3) is 11.0 Å². The van der Waals surface area contributed by atoms with Gasteiger partial charge in [-0.3, -0.25) is 4.98 Å². The average molecular weight is 385 g/mol. The number of rotatable bonds is 6. The second-order valence-corrected chi connectivity index (χ2v) is 6.75. The summed E-state index contributed by atoms with van der Waals surface area (Å²) in [6.07, 6.45) is 3.36. The molecule has 0 bridgehead atoms. The number of hydrogen-bond acceptors (Lipinski definition) is 7. The molecule has 3 rings (SSSR count). The molecule has 0 aliphatic rings. The highest BCUT2D eigenvalue weighted by Gasteiger charge is 2.22. The van der Waals surface area contributed by atoms with Crippen molar-refractivity contribution in [2.24, 2.45) is 0 Å². The van der Waals surface area contributed by atoms with Crippen molar-refractivity contribution >= 4 is 34.7 Å². The number of methoxy groups -OCH3 is 2. The molecule has 0 N–H and O–H groups in total. The van der Waals surface area contributed by atoms with Gasteiger partial charge in [0.1, 0.15) is 6.04 Å². The molecule has 0 saturated heterocycles. The van der Waals surface area contributed by atoms with Gasteiger partial charge in [-0.15, -0.1) is 0 Å². The molecule has 140 valence electrons. The van der Waals surface area contributed by atoms with Crippen molar-refractivity contribution < 1.29 is 19.1 Å². The van der Waals surface area contributed by atoms with Gasteiger partial charge in [-0.1, -0.05) is 23.9 Å². The summed E-state index contributed by atoms with van der Waals surface area (Å²) in [4.78, 5) is 32.4. The molecular formula is C19H19N3O4S. The Balaban J connectivity index is 1.86. The van der Waals surface area contributed by atoms with Crippen molar-refractivity contribution in [1.82, 2.24) is 14.5 Å². The minimum absolute atomic E-state index is 0.345. The van der Waals surface area contributed by atoms with Crippen molar-refractivity contribution in [3.8, 4) is 0 Å². The second kappa shape index (κ2) is 8.22. The van der Waals surface area contributed by atoms with E-state index >= 15 is 0 Å². The summed E-state index contributed by atoms with van der Waals surface area (Å²) in [6, 6.07) is 8.49. The third-order valence-electron chi connectivity index (χ3n) is 4.13. The predicted octanol–water partition coefficient (Wildman–Crippen LogP) is 3.24. The fraction of sp³-hybridized carbons (Fsp3) is 0.263.